The van der Waals surface area contributed by atoms with E-state index < -0.39 is 5.60 Å². The Labute approximate surface area is 132 Å². The molecule has 0 aromatic rings. The number of hydrogen-bond donors (Lipinski definition) is 0. The highest BCUT2D eigenvalue weighted by Crippen LogP contribution is 2.64. The normalized spacial score (nSPS) is 25.3. The number of ether oxygens (including phenoxy) is 1. The minimum atomic E-state index is -0.436. The van der Waals surface area contributed by atoms with Crippen LogP contribution in [0.5, 0.6) is 0 Å². The van der Waals surface area contributed by atoms with Crippen LogP contribution in [-0.4, -0.2) is 40.9 Å². The quantitative estimate of drug-likeness (QED) is 0.645. The van der Waals surface area contributed by atoms with Gasteiger partial charge in [0.15, 0.2) is 0 Å². The monoisotopic (exact) mass is 309 g/mol. The lowest BCUT2D eigenvalue weighted by Crippen LogP contribution is -2.67. The molecule has 3 aliphatic rings. The number of likely N-dealkylation sites (tertiary alicyclic amines) is 1. The molecule has 1 aliphatic heterocycles. The van der Waals surface area contributed by atoms with Crippen molar-refractivity contribution in [3.63, 3.8) is 0 Å². The second-order valence-corrected chi connectivity index (χ2v) is 8.51. The zero-order valence-corrected chi connectivity index (χ0v) is 13.8. The van der Waals surface area contributed by atoms with Crippen LogP contribution in [0.25, 0.3) is 0 Å². The molecule has 3 rings (SSSR count). The van der Waals surface area contributed by atoms with Gasteiger partial charge in [0, 0.05) is 31.3 Å². The predicted octanol–water partition coefficient (Wildman–Crippen LogP) is 2.49. The average Bonchev–Trinajstić information content (AvgIpc) is 2.17. The maximum Gasteiger partial charge on any atom is 0.410 e. The first-order valence-electron chi connectivity index (χ1n) is 7.77. The van der Waals surface area contributed by atoms with Crippen molar-refractivity contribution in [3.8, 4) is 0 Å². The molecule has 0 radical (unpaired) electrons. The van der Waals surface area contributed by atoms with Gasteiger partial charge >= 0.3 is 6.09 Å². The maximum atomic E-state index is 12.0. The molecule has 2 N–H and O–H groups in total. The molecule has 2 spiro atoms. The van der Waals surface area contributed by atoms with Gasteiger partial charge in [-0.3, -0.25) is 4.79 Å². The molecule has 0 aromatic carbocycles. The smallest absolute Gasteiger partial charge is 0.410 e. The number of ketones is 1. The van der Waals surface area contributed by atoms with E-state index in [4.69, 9.17) is 4.74 Å². The molecule has 0 atom stereocenters. The van der Waals surface area contributed by atoms with Crippen LogP contribution in [0.4, 0.5) is 4.79 Å². The lowest BCUT2D eigenvalue weighted by Gasteiger charge is -2.65. The molecule has 5 nitrogen and oxygen atoms in total. The SMILES string of the molecule is C=C1CC(=O)CC2(C1)CC1(CN(C(=O)OC(C)(C)C)C1)C2.O. The summed E-state index contributed by atoms with van der Waals surface area (Å²) in [5, 5.41) is 0. The zero-order chi connectivity index (χ0) is 15.5. The van der Waals surface area contributed by atoms with Gasteiger partial charge in [-0.2, -0.15) is 0 Å². The van der Waals surface area contributed by atoms with Crippen LogP contribution in [0.15, 0.2) is 12.2 Å². The fraction of sp³-hybridized carbons (Fsp3) is 0.765. The Morgan fingerprint density at radius 1 is 1.18 bits per heavy atom. The fourth-order valence-corrected chi connectivity index (χ4v) is 4.65. The van der Waals surface area contributed by atoms with E-state index in [2.05, 4.69) is 6.58 Å². The Morgan fingerprint density at radius 3 is 2.27 bits per heavy atom. The number of amides is 1. The Morgan fingerprint density at radius 2 is 1.77 bits per heavy atom. The first kappa shape index (κ1) is 17.0. The number of Topliss-reactive ketones (excluding diaryl/α,β-unsaturated/α-hetero) is 1. The number of carbonyl (C=O) groups excluding carboxylic acids is 2. The van der Waals surface area contributed by atoms with Gasteiger partial charge in [0.2, 0.25) is 0 Å². The van der Waals surface area contributed by atoms with Gasteiger partial charge in [0.1, 0.15) is 11.4 Å². The number of hydrogen-bond acceptors (Lipinski definition) is 3. The molecule has 2 saturated carbocycles. The van der Waals surface area contributed by atoms with E-state index in [-0.39, 0.29) is 22.4 Å². The van der Waals surface area contributed by atoms with Crippen LogP contribution in [-0.2, 0) is 9.53 Å². The van der Waals surface area contributed by atoms with E-state index in [9.17, 15) is 9.59 Å². The molecule has 1 amide bonds. The average molecular weight is 309 g/mol. The molecule has 22 heavy (non-hydrogen) atoms. The summed E-state index contributed by atoms with van der Waals surface area (Å²) in [6, 6.07) is 0. The molecular formula is C17H27NO4. The van der Waals surface area contributed by atoms with E-state index in [0.717, 1.165) is 37.9 Å². The zero-order valence-electron chi connectivity index (χ0n) is 13.8. The first-order valence-corrected chi connectivity index (χ1v) is 7.77. The first-order chi connectivity index (χ1) is 9.61. The molecule has 124 valence electrons. The van der Waals surface area contributed by atoms with Gasteiger partial charge in [-0.15, -0.1) is 0 Å². The summed E-state index contributed by atoms with van der Waals surface area (Å²) < 4.78 is 5.39. The van der Waals surface area contributed by atoms with Crippen molar-refractivity contribution in [2.45, 2.75) is 58.5 Å². The van der Waals surface area contributed by atoms with Crippen molar-refractivity contribution in [1.29, 1.82) is 0 Å². The summed E-state index contributed by atoms with van der Waals surface area (Å²) in [7, 11) is 0. The van der Waals surface area contributed by atoms with Gasteiger partial charge in [-0.25, -0.2) is 4.79 Å². The maximum absolute atomic E-state index is 12.0. The van der Waals surface area contributed by atoms with Gasteiger partial charge in [0.25, 0.3) is 0 Å². The molecule has 0 unspecified atom stereocenters. The third kappa shape index (κ3) is 3.05. The third-order valence-electron chi connectivity index (χ3n) is 4.85. The number of carbonyl (C=O) groups is 2. The lowest BCUT2D eigenvalue weighted by atomic mass is 9.45. The van der Waals surface area contributed by atoms with Crippen molar-refractivity contribution in [1.82, 2.24) is 4.90 Å². The molecular weight excluding hydrogens is 282 g/mol. The minimum absolute atomic E-state index is 0. The summed E-state index contributed by atoms with van der Waals surface area (Å²) >= 11 is 0. The van der Waals surface area contributed by atoms with E-state index in [1.165, 1.54) is 0 Å². The van der Waals surface area contributed by atoms with E-state index >= 15 is 0 Å². The van der Waals surface area contributed by atoms with Crippen molar-refractivity contribution in [3.05, 3.63) is 12.2 Å². The minimum Gasteiger partial charge on any atom is -0.444 e. The van der Waals surface area contributed by atoms with Crippen molar-refractivity contribution >= 4 is 11.9 Å². The third-order valence-corrected chi connectivity index (χ3v) is 4.85. The molecule has 1 heterocycles. The standard InChI is InChI=1S/C17H25NO3.H2O/c1-12-5-13(19)7-16(6-12)8-17(9-16)10-18(11-17)14(20)21-15(2,3)4;/h1,5-11H2,2-4H3;1H2. The highest BCUT2D eigenvalue weighted by molar-refractivity contribution is 5.83. The molecule has 0 aromatic heterocycles. The van der Waals surface area contributed by atoms with Crippen LogP contribution in [0.2, 0.25) is 0 Å². The van der Waals surface area contributed by atoms with Crippen LogP contribution < -0.4 is 0 Å². The Balaban J connectivity index is 0.00000176. The Kier molecular flexibility index (Phi) is 3.93. The largest absolute Gasteiger partial charge is 0.444 e. The summed E-state index contributed by atoms with van der Waals surface area (Å²) in [5.41, 5.74) is 1.06. The molecule has 2 aliphatic carbocycles. The number of nitrogens with zero attached hydrogens (tertiary/aromatic N) is 1. The summed E-state index contributed by atoms with van der Waals surface area (Å²) in [6.45, 7) is 11.2. The summed E-state index contributed by atoms with van der Waals surface area (Å²) in [5.74, 6) is 0.337. The Bertz CT molecular complexity index is 485. The lowest BCUT2D eigenvalue weighted by molar-refractivity contribution is -0.154. The van der Waals surface area contributed by atoms with Crippen LogP contribution in [0.3, 0.4) is 0 Å². The number of allylic oxidation sites excluding steroid dienone is 1. The molecule has 0 bridgehead atoms. The Hall–Kier alpha value is -1.36. The topological polar surface area (TPSA) is 78.1 Å². The van der Waals surface area contributed by atoms with Gasteiger partial charge in [-0.1, -0.05) is 12.2 Å². The van der Waals surface area contributed by atoms with Gasteiger partial charge in [0.05, 0.1) is 0 Å². The van der Waals surface area contributed by atoms with Crippen molar-refractivity contribution in [2.24, 2.45) is 10.8 Å². The van der Waals surface area contributed by atoms with Gasteiger partial charge in [-0.05, 0) is 45.4 Å². The molecule has 3 fully saturated rings. The van der Waals surface area contributed by atoms with Gasteiger partial charge < -0.3 is 15.1 Å². The van der Waals surface area contributed by atoms with Crippen LogP contribution in [0, 0.1) is 10.8 Å². The fourth-order valence-electron chi connectivity index (χ4n) is 4.65. The summed E-state index contributed by atoms with van der Waals surface area (Å²) in [6.07, 6.45) is 4.18. The van der Waals surface area contributed by atoms with E-state index in [0.29, 0.717) is 18.6 Å². The molecule has 1 saturated heterocycles. The second kappa shape index (κ2) is 5.08. The van der Waals surface area contributed by atoms with Crippen LogP contribution >= 0.6 is 0 Å². The summed E-state index contributed by atoms with van der Waals surface area (Å²) in [4.78, 5) is 25.5. The highest BCUT2D eigenvalue weighted by atomic mass is 16.6. The van der Waals surface area contributed by atoms with E-state index in [1.807, 2.05) is 20.8 Å². The van der Waals surface area contributed by atoms with Crippen LogP contribution in [0.1, 0.15) is 52.9 Å². The second-order valence-electron chi connectivity index (χ2n) is 8.51. The van der Waals surface area contributed by atoms with E-state index in [1.54, 1.807) is 4.90 Å². The van der Waals surface area contributed by atoms with Crippen molar-refractivity contribution in [2.75, 3.05) is 13.1 Å². The predicted molar refractivity (Wildman–Crippen MR) is 83.5 cm³/mol. The number of rotatable bonds is 0. The molecule has 5 heteroatoms. The van der Waals surface area contributed by atoms with Crippen molar-refractivity contribution < 1.29 is 19.8 Å². The highest BCUT2D eigenvalue weighted by Gasteiger charge is 2.61.